The molecule has 7 nitrogen and oxygen atoms in total. The predicted octanol–water partition coefficient (Wildman–Crippen LogP) is 4.36. The second-order valence-electron chi connectivity index (χ2n) is 7.56. The van der Waals surface area contributed by atoms with Gasteiger partial charge in [0.1, 0.15) is 5.82 Å². The van der Waals surface area contributed by atoms with E-state index in [-0.39, 0.29) is 41.9 Å². The molecule has 0 bridgehead atoms. The summed E-state index contributed by atoms with van der Waals surface area (Å²) < 4.78 is 13.3. The Kier molecular flexibility index (Phi) is 9.76. The molecule has 1 aromatic heterocycles. The summed E-state index contributed by atoms with van der Waals surface area (Å²) in [5, 5.41) is 13.2. The molecule has 2 amide bonds. The Labute approximate surface area is 204 Å². The van der Waals surface area contributed by atoms with E-state index in [0.717, 1.165) is 34.1 Å². The van der Waals surface area contributed by atoms with Crippen molar-refractivity contribution >= 4 is 52.6 Å². The number of benzene rings is 2. The molecular formula is C23H30FIN6O. The first-order valence-corrected chi connectivity index (χ1v) is 10.3. The van der Waals surface area contributed by atoms with Crippen molar-refractivity contribution in [3.63, 3.8) is 0 Å². The number of nitrogens with zero attached hydrogens (tertiary/aromatic N) is 1. The summed E-state index contributed by atoms with van der Waals surface area (Å²) in [5.74, 6) is 0.454. The number of carbonyl (C=O) groups excluding carboxylic acids is 1. The van der Waals surface area contributed by atoms with E-state index in [4.69, 9.17) is 0 Å². The van der Waals surface area contributed by atoms with E-state index < -0.39 is 0 Å². The quantitative estimate of drug-likeness (QED) is 0.171. The summed E-state index contributed by atoms with van der Waals surface area (Å²) in [6.07, 6.45) is 2.70. The number of rotatable bonds is 7. The molecule has 172 valence electrons. The molecule has 1 heterocycles. The summed E-state index contributed by atoms with van der Waals surface area (Å²) in [6.45, 7) is 5.12. The van der Waals surface area contributed by atoms with Crippen LogP contribution < -0.4 is 21.3 Å². The minimum absolute atomic E-state index is 0. The lowest BCUT2D eigenvalue weighted by Crippen LogP contribution is -2.37. The molecule has 0 spiro atoms. The van der Waals surface area contributed by atoms with Crippen LogP contribution in [0.2, 0.25) is 0 Å². The molecule has 0 atom stereocenters. The minimum Gasteiger partial charge on any atom is -0.361 e. The smallest absolute Gasteiger partial charge is 0.319 e. The van der Waals surface area contributed by atoms with Crippen molar-refractivity contribution in [1.82, 2.24) is 20.9 Å². The summed E-state index contributed by atoms with van der Waals surface area (Å²) in [6, 6.07) is 12.3. The van der Waals surface area contributed by atoms with Gasteiger partial charge >= 0.3 is 6.03 Å². The van der Waals surface area contributed by atoms with E-state index in [1.54, 1.807) is 13.1 Å². The highest BCUT2D eigenvalue weighted by Crippen LogP contribution is 2.19. The first-order chi connectivity index (χ1) is 14.9. The van der Waals surface area contributed by atoms with Gasteiger partial charge in [0, 0.05) is 49.0 Å². The molecule has 0 unspecified atom stereocenters. The zero-order chi connectivity index (χ0) is 22.2. The average Bonchev–Trinajstić information content (AvgIpc) is 3.13. The fourth-order valence-electron chi connectivity index (χ4n) is 3.22. The van der Waals surface area contributed by atoms with Gasteiger partial charge in [0.25, 0.3) is 0 Å². The van der Waals surface area contributed by atoms with Crippen LogP contribution >= 0.6 is 24.0 Å². The fourth-order valence-corrected chi connectivity index (χ4v) is 3.22. The topological polar surface area (TPSA) is 93.3 Å². The molecule has 3 rings (SSSR count). The Morgan fingerprint density at radius 2 is 1.88 bits per heavy atom. The number of fused-ring (bicyclic) bond motifs is 1. The van der Waals surface area contributed by atoms with Crippen molar-refractivity contribution in [2.75, 3.05) is 18.9 Å². The van der Waals surface area contributed by atoms with Crippen LogP contribution in [0.3, 0.4) is 0 Å². The summed E-state index contributed by atoms with van der Waals surface area (Å²) in [4.78, 5) is 19.1. The van der Waals surface area contributed by atoms with E-state index >= 15 is 0 Å². The van der Waals surface area contributed by atoms with E-state index in [1.807, 2.05) is 44.3 Å². The lowest BCUT2D eigenvalue weighted by atomic mass is 10.1. The molecule has 0 fully saturated rings. The Morgan fingerprint density at radius 3 is 2.56 bits per heavy atom. The summed E-state index contributed by atoms with van der Waals surface area (Å²) >= 11 is 0. The van der Waals surface area contributed by atoms with Crippen LogP contribution in [0.4, 0.5) is 14.9 Å². The lowest BCUT2D eigenvalue weighted by Gasteiger charge is -2.13. The fraction of sp³-hybridized carbons (Fsp3) is 0.304. The van der Waals surface area contributed by atoms with Gasteiger partial charge in [-0.1, -0.05) is 12.1 Å². The van der Waals surface area contributed by atoms with Gasteiger partial charge < -0.3 is 26.3 Å². The maximum absolute atomic E-state index is 13.3. The van der Waals surface area contributed by atoms with Crippen LogP contribution in [-0.2, 0) is 13.0 Å². The number of amides is 2. The molecule has 9 heteroatoms. The van der Waals surface area contributed by atoms with E-state index in [9.17, 15) is 9.18 Å². The number of nitrogens with one attached hydrogen (secondary N) is 5. The van der Waals surface area contributed by atoms with Crippen molar-refractivity contribution in [3.8, 4) is 0 Å². The molecule has 0 radical (unpaired) electrons. The molecule has 0 saturated heterocycles. The standard InChI is InChI=1S/C23H29FN6O.HI/c1-15(2)29-23(31)30-19-7-4-16(5-8-19)13-28-22(25-3)26-11-10-17-14-27-21-12-18(24)6-9-20(17)21;/h4-9,12,14-15,27H,10-11,13H2,1-3H3,(H2,25,26,28)(H2,29,30,31);1H. The molecule has 0 aliphatic heterocycles. The van der Waals surface area contributed by atoms with Crippen LogP contribution in [0, 0.1) is 5.82 Å². The molecule has 2 aromatic carbocycles. The monoisotopic (exact) mass is 552 g/mol. The number of aromatic amines is 1. The SMILES string of the molecule is CN=C(NCCc1c[nH]c2cc(F)ccc12)NCc1ccc(NC(=O)NC(C)C)cc1.I. The van der Waals surface area contributed by atoms with Gasteiger partial charge in [-0.05, 0) is 61.7 Å². The van der Waals surface area contributed by atoms with Gasteiger partial charge in [-0.25, -0.2) is 9.18 Å². The van der Waals surface area contributed by atoms with Crippen LogP contribution in [-0.4, -0.2) is 36.6 Å². The first-order valence-electron chi connectivity index (χ1n) is 10.3. The number of H-pyrrole nitrogens is 1. The van der Waals surface area contributed by atoms with Crippen molar-refractivity contribution in [3.05, 3.63) is 65.6 Å². The first kappa shape index (κ1) is 25.4. The van der Waals surface area contributed by atoms with Crippen molar-refractivity contribution in [1.29, 1.82) is 0 Å². The van der Waals surface area contributed by atoms with Crippen molar-refractivity contribution in [2.24, 2.45) is 4.99 Å². The second kappa shape index (κ2) is 12.3. The van der Waals surface area contributed by atoms with Crippen molar-refractivity contribution in [2.45, 2.75) is 32.9 Å². The number of carbonyl (C=O) groups is 1. The van der Waals surface area contributed by atoms with E-state index in [1.165, 1.54) is 12.1 Å². The highest BCUT2D eigenvalue weighted by Gasteiger charge is 2.06. The van der Waals surface area contributed by atoms with Gasteiger partial charge in [-0.2, -0.15) is 0 Å². The number of halogens is 2. The second-order valence-corrected chi connectivity index (χ2v) is 7.56. The molecule has 3 aromatic rings. The van der Waals surface area contributed by atoms with Crippen LogP contribution in [0.5, 0.6) is 0 Å². The number of guanidine groups is 1. The summed E-state index contributed by atoms with van der Waals surface area (Å²) in [7, 11) is 1.73. The maximum atomic E-state index is 13.3. The van der Waals surface area contributed by atoms with Crippen molar-refractivity contribution < 1.29 is 9.18 Å². The molecule has 0 saturated carbocycles. The average molecular weight is 552 g/mol. The highest BCUT2D eigenvalue weighted by atomic mass is 127. The zero-order valence-corrected chi connectivity index (χ0v) is 20.8. The zero-order valence-electron chi connectivity index (χ0n) is 18.5. The van der Waals surface area contributed by atoms with Gasteiger partial charge in [-0.15, -0.1) is 24.0 Å². The third-order valence-electron chi connectivity index (χ3n) is 4.73. The third kappa shape index (κ3) is 7.40. The van der Waals surface area contributed by atoms with Gasteiger partial charge in [-0.3, -0.25) is 4.99 Å². The molecule has 5 N–H and O–H groups in total. The largest absolute Gasteiger partial charge is 0.361 e. The van der Waals surface area contributed by atoms with E-state index in [2.05, 4.69) is 31.2 Å². The van der Waals surface area contributed by atoms with E-state index in [0.29, 0.717) is 19.0 Å². The number of hydrogen-bond acceptors (Lipinski definition) is 2. The van der Waals surface area contributed by atoms with Gasteiger partial charge in [0.2, 0.25) is 0 Å². The Morgan fingerprint density at radius 1 is 1.12 bits per heavy atom. The van der Waals surface area contributed by atoms with Crippen LogP contribution in [0.25, 0.3) is 10.9 Å². The number of hydrogen-bond donors (Lipinski definition) is 5. The normalized spacial score (nSPS) is 11.2. The Balaban J connectivity index is 0.00000363. The Hall–Kier alpha value is -2.82. The highest BCUT2D eigenvalue weighted by molar-refractivity contribution is 14.0. The molecule has 0 aliphatic rings. The number of aliphatic imine (C=N–C) groups is 1. The van der Waals surface area contributed by atoms with Crippen LogP contribution in [0.1, 0.15) is 25.0 Å². The Bertz CT molecular complexity index is 1050. The minimum atomic E-state index is -0.244. The predicted molar refractivity (Wildman–Crippen MR) is 139 cm³/mol. The maximum Gasteiger partial charge on any atom is 0.319 e. The molecule has 0 aliphatic carbocycles. The molecular weight excluding hydrogens is 522 g/mol. The lowest BCUT2D eigenvalue weighted by molar-refractivity contribution is 0.250. The van der Waals surface area contributed by atoms with Gasteiger partial charge in [0.05, 0.1) is 0 Å². The molecule has 32 heavy (non-hydrogen) atoms. The third-order valence-corrected chi connectivity index (χ3v) is 4.73. The number of aromatic nitrogens is 1. The van der Waals surface area contributed by atoms with Crippen LogP contribution in [0.15, 0.2) is 53.7 Å². The summed E-state index contributed by atoms with van der Waals surface area (Å²) in [5.41, 5.74) is 3.74. The van der Waals surface area contributed by atoms with Gasteiger partial charge in [0.15, 0.2) is 5.96 Å². The number of urea groups is 1. The number of anilines is 1.